The van der Waals surface area contributed by atoms with Crippen molar-refractivity contribution in [1.82, 2.24) is 9.97 Å². The minimum absolute atomic E-state index is 0.0393. The molecule has 0 aliphatic rings. The second kappa shape index (κ2) is 6.14. The third-order valence-corrected chi connectivity index (χ3v) is 2.56. The molecule has 0 saturated carbocycles. The van der Waals surface area contributed by atoms with Crippen molar-refractivity contribution < 1.29 is 14.3 Å². The molecule has 0 amide bonds. The molecule has 1 aromatic carbocycles. The van der Waals surface area contributed by atoms with E-state index < -0.39 is 5.97 Å². The molecule has 104 valence electrons. The van der Waals surface area contributed by atoms with Gasteiger partial charge in [-0.25, -0.2) is 9.78 Å². The van der Waals surface area contributed by atoms with E-state index >= 15 is 0 Å². The zero-order valence-corrected chi connectivity index (χ0v) is 11.7. The molecule has 0 aliphatic heterocycles. The number of hydrogen-bond donors (Lipinski definition) is 0. The average molecular weight is 272 g/mol. The summed E-state index contributed by atoms with van der Waals surface area (Å²) >= 11 is 0. The summed E-state index contributed by atoms with van der Waals surface area (Å²) in [5.74, 6) is -0.472. The number of carbonyl (C=O) groups is 1. The summed E-state index contributed by atoms with van der Waals surface area (Å²) in [5, 5.41) is 0. The molecule has 0 N–H and O–H groups in total. The summed E-state index contributed by atoms with van der Waals surface area (Å²) in [6.45, 7) is 3.78. The Morgan fingerprint density at radius 1 is 1.20 bits per heavy atom. The van der Waals surface area contributed by atoms with Crippen LogP contribution in [0, 0.1) is 0 Å². The van der Waals surface area contributed by atoms with Gasteiger partial charge in [0.2, 0.25) is 0 Å². The number of nitrogens with zero attached hydrogens (tertiary/aromatic N) is 2. The van der Waals surface area contributed by atoms with Crippen molar-refractivity contribution in [1.29, 1.82) is 0 Å². The number of hydrogen-bond acceptors (Lipinski definition) is 5. The van der Waals surface area contributed by atoms with Crippen molar-refractivity contribution in [2.75, 3.05) is 7.11 Å². The summed E-state index contributed by atoms with van der Waals surface area (Å²) in [6.07, 6.45) is 1.39. The molecule has 0 aliphatic carbocycles. The van der Waals surface area contributed by atoms with Crippen LogP contribution in [0.4, 0.5) is 0 Å². The van der Waals surface area contributed by atoms with E-state index in [4.69, 9.17) is 9.47 Å². The van der Waals surface area contributed by atoms with Gasteiger partial charge in [-0.15, -0.1) is 0 Å². The minimum atomic E-state index is -0.472. The highest BCUT2D eigenvalue weighted by molar-refractivity contribution is 5.95. The van der Waals surface area contributed by atoms with Gasteiger partial charge in [-0.1, -0.05) is 30.3 Å². The molecule has 2 rings (SSSR count). The van der Waals surface area contributed by atoms with E-state index in [1.807, 2.05) is 44.2 Å². The number of rotatable bonds is 4. The number of methoxy groups -OCH3 is 1. The minimum Gasteiger partial charge on any atom is -0.465 e. The average Bonchev–Trinajstić information content (AvgIpc) is 2.46. The summed E-state index contributed by atoms with van der Waals surface area (Å²) in [6, 6.07) is 9.63. The van der Waals surface area contributed by atoms with Crippen LogP contribution in [0.2, 0.25) is 0 Å². The molecule has 1 heterocycles. The molecule has 0 unspecified atom stereocenters. The molecule has 5 heteroatoms. The fourth-order valence-electron chi connectivity index (χ4n) is 1.71. The highest BCUT2D eigenvalue weighted by Crippen LogP contribution is 2.23. The lowest BCUT2D eigenvalue weighted by molar-refractivity contribution is 0.0600. The number of benzene rings is 1. The maximum absolute atomic E-state index is 11.8. The molecule has 0 radical (unpaired) electrons. The van der Waals surface area contributed by atoms with E-state index in [0.29, 0.717) is 11.3 Å². The lowest BCUT2D eigenvalue weighted by Crippen LogP contribution is -2.11. The molecule has 0 saturated heterocycles. The molecule has 1 aromatic heterocycles. The van der Waals surface area contributed by atoms with Gasteiger partial charge in [-0.3, -0.25) is 0 Å². The Balaban J connectivity index is 2.51. The molecule has 0 spiro atoms. The highest BCUT2D eigenvalue weighted by atomic mass is 16.5. The van der Waals surface area contributed by atoms with Gasteiger partial charge >= 0.3 is 12.0 Å². The van der Waals surface area contributed by atoms with Crippen LogP contribution in [0.5, 0.6) is 6.01 Å². The van der Waals surface area contributed by atoms with Gasteiger partial charge in [0, 0.05) is 11.8 Å². The normalized spacial score (nSPS) is 10.4. The van der Waals surface area contributed by atoms with E-state index in [-0.39, 0.29) is 12.1 Å². The van der Waals surface area contributed by atoms with Crippen LogP contribution in [0.15, 0.2) is 36.5 Å². The molecule has 5 nitrogen and oxygen atoms in total. The van der Waals surface area contributed by atoms with Crippen LogP contribution < -0.4 is 4.74 Å². The van der Waals surface area contributed by atoms with Gasteiger partial charge in [0.25, 0.3) is 0 Å². The summed E-state index contributed by atoms with van der Waals surface area (Å²) < 4.78 is 10.2. The summed E-state index contributed by atoms with van der Waals surface area (Å²) in [4.78, 5) is 20.2. The second-order valence-electron chi connectivity index (χ2n) is 4.44. The SMILES string of the molecule is COC(=O)c1cnc(OC(C)C)nc1-c1ccccc1. The number of carbonyl (C=O) groups excluding carboxylic acids is 1. The number of ether oxygens (including phenoxy) is 2. The van der Waals surface area contributed by atoms with E-state index in [0.717, 1.165) is 5.56 Å². The summed E-state index contributed by atoms with van der Waals surface area (Å²) in [5.41, 5.74) is 1.63. The first-order valence-corrected chi connectivity index (χ1v) is 6.29. The molecule has 20 heavy (non-hydrogen) atoms. The van der Waals surface area contributed by atoms with Gasteiger partial charge < -0.3 is 9.47 Å². The Morgan fingerprint density at radius 3 is 2.50 bits per heavy atom. The smallest absolute Gasteiger partial charge is 0.341 e. The van der Waals surface area contributed by atoms with Crippen molar-refractivity contribution in [3.05, 3.63) is 42.1 Å². The van der Waals surface area contributed by atoms with Crippen LogP contribution in [0.1, 0.15) is 24.2 Å². The lowest BCUT2D eigenvalue weighted by Gasteiger charge is -2.11. The van der Waals surface area contributed by atoms with Crippen LogP contribution in [0.25, 0.3) is 11.3 Å². The molecular formula is C15H16N2O3. The molecule has 2 aromatic rings. The number of esters is 1. The maximum atomic E-state index is 11.8. The van der Waals surface area contributed by atoms with Gasteiger partial charge in [0.15, 0.2) is 0 Å². The van der Waals surface area contributed by atoms with Crippen molar-refractivity contribution in [2.24, 2.45) is 0 Å². The lowest BCUT2D eigenvalue weighted by atomic mass is 10.1. The quantitative estimate of drug-likeness (QED) is 0.801. The molecule has 0 atom stereocenters. The van der Waals surface area contributed by atoms with Gasteiger partial charge in [0.1, 0.15) is 5.56 Å². The fraction of sp³-hybridized carbons (Fsp3) is 0.267. The zero-order valence-electron chi connectivity index (χ0n) is 11.7. The first-order valence-electron chi connectivity index (χ1n) is 6.29. The van der Waals surface area contributed by atoms with E-state index in [9.17, 15) is 4.79 Å². The Hall–Kier alpha value is -2.43. The van der Waals surface area contributed by atoms with Crippen molar-refractivity contribution in [3.8, 4) is 17.3 Å². The van der Waals surface area contributed by atoms with Crippen molar-refractivity contribution >= 4 is 5.97 Å². The third-order valence-electron chi connectivity index (χ3n) is 2.56. The largest absolute Gasteiger partial charge is 0.465 e. The standard InChI is InChI=1S/C15H16N2O3/c1-10(2)20-15-16-9-12(14(18)19-3)13(17-15)11-7-5-4-6-8-11/h4-10H,1-3H3. The van der Waals surface area contributed by atoms with Gasteiger partial charge in [-0.2, -0.15) is 4.98 Å². The van der Waals surface area contributed by atoms with Crippen molar-refractivity contribution in [2.45, 2.75) is 20.0 Å². The van der Waals surface area contributed by atoms with E-state index in [1.165, 1.54) is 13.3 Å². The van der Waals surface area contributed by atoms with Crippen LogP contribution in [-0.2, 0) is 4.74 Å². The Morgan fingerprint density at radius 2 is 1.90 bits per heavy atom. The van der Waals surface area contributed by atoms with E-state index in [2.05, 4.69) is 9.97 Å². The predicted molar refractivity (Wildman–Crippen MR) is 74.6 cm³/mol. The van der Waals surface area contributed by atoms with Crippen LogP contribution in [-0.4, -0.2) is 29.2 Å². The molecule has 0 bridgehead atoms. The van der Waals surface area contributed by atoms with E-state index in [1.54, 1.807) is 0 Å². The fourth-order valence-corrected chi connectivity index (χ4v) is 1.71. The maximum Gasteiger partial charge on any atom is 0.341 e. The Bertz CT molecular complexity index is 597. The monoisotopic (exact) mass is 272 g/mol. The van der Waals surface area contributed by atoms with Crippen LogP contribution >= 0.6 is 0 Å². The van der Waals surface area contributed by atoms with Gasteiger partial charge in [0.05, 0.1) is 18.9 Å². The van der Waals surface area contributed by atoms with Crippen LogP contribution in [0.3, 0.4) is 0 Å². The Labute approximate surface area is 117 Å². The highest BCUT2D eigenvalue weighted by Gasteiger charge is 2.17. The first-order chi connectivity index (χ1) is 9.61. The zero-order chi connectivity index (χ0) is 14.5. The summed E-state index contributed by atoms with van der Waals surface area (Å²) in [7, 11) is 1.33. The first kappa shape index (κ1) is 14.0. The Kier molecular flexibility index (Phi) is 4.30. The predicted octanol–water partition coefficient (Wildman–Crippen LogP) is 2.72. The van der Waals surface area contributed by atoms with Gasteiger partial charge in [-0.05, 0) is 13.8 Å². The topological polar surface area (TPSA) is 61.3 Å². The number of aromatic nitrogens is 2. The molecule has 0 fully saturated rings. The second-order valence-corrected chi connectivity index (χ2v) is 4.44. The van der Waals surface area contributed by atoms with Crippen molar-refractivity contribution in [3.63, 3.8) is 0 Å². The molecular weight excluding hydrogens is 256 g/mol. The third kappa shape index (κ3) is 3.12.